The van der Waals surface area contributed by atoms with Gasteiger partial charge in [0.15, 0.2) is 0 Å². The van der Waals surface area contributed by atoms with Crippen LogP contribution >= 0.6 is 0 Å². The first-order chi connectivity index (χ1) is 17.1. The van der Waals surface area contributed by atoms with Gasteiger partial charge in [-0.3, -0.25) is 9.69 Å². The molecular weight excluding hydrogens is 442 g/mol. The van der Waals surface area contributed by atoms with Gasteiger partial charge in [0.25, 0.3) is 0 Å². The maximum absolute atomic E-state index is 13.0. The zero-order valence-electron chi connectivity index (χ0n) is 21.3. The maximum Gasteiger partial charge on any atom is 0.223 e. The minimum Gasteiger partial charge on any atom is -0.375 e. The van der Waals surface area contributed by atoms with Crippen LogP contribution in [0.25, 0.3) is 0 Å². The zero-order valence-corrected chi connectivity index (χ0v) is 21.3. The number of rotatable bonds is 6. The van der Waals surface area contributed by atoms with Gasteiger partial charge in [0.1, 0.15) is 0 Å². The highest BCUT2D eigenvalue weighted by Crippen LogP contribution is 2.33. The van der Waals surface area contributed by atoms with Crippen LogP contribution in [0.4, 0.5) is 0 Å². The number of ether oxygens (including phenoxy) is 1. The van der Waals surface area contributed by atoms with Crippen LogP contribution in [-0.4, -0.2) is 74.6 Å². The highest BCUT2D eigenvalue weighted by atomic mass is 16.5. The van der Waals surface area contributed by atoms with Crippen molar-refractivity contribution in [2.24, 2.45) is 29.6 Å². The zero-order chi connectivity index (χ0) is 24.2. The van der Waals surface area contributed by atoms with Crippen LogP contribution in [0.2, 0.25) is 0 Å². The van der Waals surface area contributed by atoms with E-state index in [1.807, 2.05) is 0 Å². The Kier molecular flexibility index (Phi) is 8.59. The standard InChI is InChI=1S/C26H45N7O2/c1-17-5-6-18(13-27)11-20(17)14-30-26(34)19-3-2-4-21(12-19)29-16-24-31-32-25-22-7-8-28-15-23(22)35-10-9-33(24)25/h17-25,28-29,31-32H,2-12,14-16H2,1H3,(H,30,34). The average Bonchev–Trinajstić information content (AvgIpc) is 3.20. The molecule has 9 nitrogen and oxygen atoms in total. The van der Waals surface area contributed by atoms with E-state index < -0.39 is 0 Å². The summed E-state index contributed by atoms with van der Waals surface area (Å²) in [7, 11) is 0. The van der Waals surface area contributed by atoms with E-state index in [1.54, 1.807) is 0 Å². The number of carbonyl (C=O) groups is 1. The maximum atomic E-state index is 13.0. The quantitative estimate of drug-likeness (QED) is 0.376. The topological polar surface area (TPSA) is 113 Å². The van der Waals surface area contributed by atoms with Crippen LogP contribution in [0.5, 0.6) is 0 Å². The van der Waals surface area contributed by atoms with E-state index in [-0.39, 0.29) is 23.9 Å². The number of nitrogens with one attached hydrogen (secondary N) is 5. The number of hydrogen-bond acceptors (Lipinski definition) is 8. The summed E-state index contributed by atoms with van der Waals surface area (Å²) in [5, 5.41) is 19.8. The van der Waals surface area contributed by atoms with Gasteiger partial charge in [0.2, 0.25) is 5.91 Å². The lowest BCUT2D eigenvalue weighted by Gasteiger charge is -2.36. The second kappa shape index (κ2) is 11.8. The summed E-state index contributed by atoms with van der Waals surface area (Å²) in [5.41, 5.74) is 7.10. The molecule has 1 amide bonds. The Hall–Kier alpha value is -1.28. The molecule has 3 aliphatic heterocycles. The van der Waals surface area contributed by atoms with Gasteiger partial charge in [-0.05, 0) is 63.3 Å². The predicted molar refractivity (Wildman–Crippen MR) is 134 cm³/mol. The molecule has 5 rings (SSSR count). The van der Waals surface area contributed by atoms with Gasteiger partial charge >= 0.3 is 0 Å². The Morgan fingerprint density at radius 2 is 2.06 bits per heavy atom. The minimum absolute atomic E-state index is 0.0939. The van der Waals surface area contributed by atoms with E-state index in [2.05, 4.69) is 44.7 Å². The number of carbonyl (C=O) groups excluding carboxylic acids is 1. The van der Waals surface area contributed by atoms with E-state index in [0.29, 0.717) is 36.1 Å². The molecule has 0 aromatic carbocycles. The molecule has 9 atom stereocenters. The van der Waals surface area contributed by atoms with Crippen molar-refractivity contribution in [2.45, 2.75) is 82.8 Å². The second-order valence-corrected chi connectivity index (χ2v) is 11.6. The summed E-state index contributed by atoms with van der Waals surface area (Å²) >= 11 is 0. The van der Waals surface area contributed by atoms with Crippen molar-refractivity contribution >= 4 is 5.91 Å². The van der Waals surface area contributed by atoms with Crippen molar-refractivity contribution in [2.75, 3.05) is 39.3 Å². The molecule has 3 saturated heterocycles. The van der Waals surface area contributed by atoms with Crippen molar-refractivity contribution in [1.29, 1.82) is 5.26 Å². The van der Waals surface area contributed by atoms with E-state index in [1.165, 1.54) is 0 Å². The highest BCUT2D eigenvalue weighted by Gasteiger charge is 2.44. The minimum atomic E-state index is 0.0939. The first-order valence-electron chi connectivity index (χ1n) is 14.1. The molecule has 196 valence electrons. The third-order valence-corrected chi connectivity index (χ3v) is 9.45. The van der Waals surface area contributed by atoms with Gasteiger partial charge in [-0.15, -0.1) is 0 Å². The van der Waals surface area contributed by atoms with E-state index in [4.69, 9.17) is 4.74 Å². The molecule has 0 aromatic rings. The number of hydrogen-bond donors (Lipinski definition) is 5. The fourth-order valence-electron chi connectivity index (χ4n) is 7.15. The first kappa shape index (κ1) is 25.4. The SMILES string of the molecule is CC1CCC(C#N)CC1CNC(=O)C1CCCC(NCC2NNC3C4CCNCC4OCCN23)C1. The largest absolute Gasteiger partial charge is 0.375 e. The number of nitriles is 1. The van der Waals surface area contributed by atoms with Crippen LogP contribution < -0.4 is 26.8 Å². The smallest absolute Gasteiger partial charge is 0.223 e. The molecule has 0 bridgehead atoms. The van der Waals surface area contributed by atoms with Gasteiger partial charge in [0.05, 0.1) is 31.1 Å². The van der Waals surface area contributed by atoms with Gasteiger partial charge in [-0.2, -0.15) is 5.26 Å². The van der Waals surface area contributed by atoms with Crippen molar-refractivity contribution in [3.63, 3.8) is 0 Å². The van der Waals surface area contributed by atoms with E-state index >= 15 is 0 Å². The first-order valence-corrected chi connectivity index (χ1v) is 14.1. The number of nitrogens with zero attached hydrogens (tertiary/aromatic N) is 2. The van der Waals surface area contributed by atoms with Gasteiger partial charge in [0, 0.05) is 50.0 Å². The molecule has 2 saturated carbocycles. The molecule has 35 heavy (non-hydrogen) atoms. The normalized spacial score (nSPS) is 42.3. The number of amides is 1. The third kappa shape index (κ3) is 6.00. The van der Waals surface area contributed by atoms with Gasteiger partial charge in [-0.25, -0.2) is 10.9 Å². The summed E-state index contributed by atoms with van der Waals surface area (Å²) < 4.78 is 6.16. The van der Waals surface area contributed by atoms with Gasteiger partial charge in [-0.1, -0.05) is 13.3 Å². The van der Waals surface area contributed by atoms with Crippen LogP contribution in [0.3, 0.4) is 0 Å². The Balaban J connectivity index is 1.07. The van der Waals surface area contributed by atoms with E-state index in [9.17, 15) is 10.1 Å². The predicted octanol–water partition coefficient (Wildman–Crippen LogP) is 0.897. The van der Waals surface area contributed by atoms with Crippen molar-refractivity contribution < 1.29 is 9.53 Å². The molecular formula is C26H45N7O2. The Labute approximate surface area is 210 Å². The summed E-state index contributed by atoms with van der Waals surface area (Å²) in [5.74, 6) is 1.99. The fourth-order valence-corrected chi connectivity index (χ4v) is 7.15. The molecule has 9 heteroatoms. The summed E-state index contributed by atoms with van der Waals surface area (Å²) in [6, 6.07) is 2.82. The van der Waals surface area contributed by atoms with Crippen LogP contribution in [0.1, 0.15) is 58.3 Å². The van der Waals surface area contributed by atoms with Crippen molar-refractivity contribution in [3.05, 3.63) is 0 Å². The highest BCUT2D eigenvalue weighted by molar-refractivity contribution is 5.78. The molecule has 0 radical (unpaired) electrons. The molecule has 2 aliphatic carbocycles. The molecule has 5 aliphatic rings. The Morgan fingerprint density at radius 1 is 1.14 bits per heavy atom. The van der Waals surface area contributed by atoms with Gasteiger partial charge < -0.3 is 20.7 Å². The third-order valence-electron chi connectivity index (χ3n) is 9.45. The second-order valence-electron chi connectivity index (χ2n) is 11.6. The summed E-state index contributed by atoms with van der Waals surface area (Å²) in [4.78, 5) is 15.5. The monoisotopic (exact) mass is 487 g/mol. The molecule has 5 fully saturated rings. The molecule has 3 heterocycles. The number of piperidine rings is 1. The lowest BCUT2D eigenvalue weighted by Crippen LogP contribution is -2.53. The Morgan fingerprint density at radius 3 is 2.94 bits per heavy atom. The summed E-state index contributed by atoms with van der Waals surface area (Å²) in [6.45, 7) is 7.58. The number of fused-ring (bicyclic) bond motifs is 3. The lowest BCUT2D eigenvalue weighted by molar-refractivity contribution is -0.126. The molecule has 0 spiro atoms. The molecule has 9 unspecified atom stereocenters. The summed E-state index contributed by atoms with van der Waals surface area (Å²) in [6.07, 6.45) is 9.15. The lowest BCUT2D eigenvalue weighted by atomic mass is 9.75. The molecule has 0 aromatic heterocycles. The Bertz CT molecular complexity index is 760. The fraction of sp³-hybridized carbons (Fsp3) is 0.923. The van der Waals surface area contributed by atoms with Crippen molar-refractivity contribution in [1.82, 2.24) is 31.7 Å². The van der Waals surface area contributed by atoms with Crippen molar-refractivity contribution in [3.8, 4) is 6.07 Å². The van der Waals surface area contributed by atoms with Crippen LogP contribution in [0.15, 0.2) is 0 Å². The van der Waals surface area contributed by atoms with E-state index in [0.717, 1.165) is 90.7 Å². The number of hydrazine groups is 1. The van der Waals surface area contributed by atoms with Crippen LogP contribution in [-0.2, 0) is 9.53 Å². The average molecular weight is 488 g/mol. The molecule has 5 N–H and O–H groups in total. The van der Waals surface area contributed by atoms with Crippen LogP contribution in [0, 0.1) is 40.9 Å².